The van der Waals surface area contributed by atoms with Crippen molar-refractivity contribution in [2.45, 2.75) is 6.54 Å². The number of hydrogen-bond donors (Lipinski definition) is 1. The molecule has 0 radical (unpaired) electrons. The van der Waals surface area contributed by atoms with Gasteiger partial charge in [-0.2, -0.15) is 10.2 Å². The van der Waals surface area contributed by atoms with Crippen LogP contribution < -0.4 is 20.3 Å². The van der Waals surface area contributed by atoms with Crippen LogP contribution in [0.4, 0.5) is 0 Å². The molecule has 0 aliphatic rings. The Morgan fingerprint density at radius 1 is 0.969 bits per heavy atom. The number of methoxy groups -OCH3 is 2. The van der Waals surface area contributed by atoms with Crippen molar-refractivity contribution in [1.82, 2.24) is 24.9 Å². The Bertz CT molecular complexity index is 1370. The molecule has 1 amide bonds. The molecule has 0 spiro atoms. The minimum absolute atomic E-state index is 0.163. The molecule has 0 saturated carbocycles. The summed E-state index contributed by atoms with van der Waals surface area (Å²) in [6, 6.07) is 14.3. The lowest BCUT2D eigenvalue weighted by molar-refractivity contribution is 0.0941. The van der Waals surface area contributed by atoms with Crippen molar-refractivity contribution in [3.05, 3.63) is 70.3 Å². The van der Waals surface area contributed by atoms with Crippen LogP contribution in [-0.4, -0.2) is 39.7 Å². The highest BCUT2D eigenvalue weighted by Crippen LogP contribution is 2.32. The van der Waals surface area contributed by atoms with Gasteiger partial charge in [0.15, 0.2) is 0 Å². The van der Waals surface area contributed by atoms with E-state index in [1.165, 1.54) is 9.36 Å². The summed E-state index contributed by atoms with van der Waals surface area (Å²) in [4.78, 5) is 25.2. The third-order valence-electron chi connectivity index (χ3n) is 5.24. The molecular formula is C23H23N5O4. The average molecular weight is 433 g/mol. The number of nitrogens with zero attached hydrogens (tertiary/aromatic N) is 4. The number of carbonyl (C=O) groups excluding carboxylic acids is 1. The summed E-state index contributed by atoms with van der Waals surface area (Å²) < 4.78 is 13.5. The second-order valence-corrected chi connectivity index (χ2v) is 7.21. The number of fused-ring (bicyclic) bond motifs is 1. The van der Waals surface area contributed by atoms with Crippen molar-refractivity contribution < 1.29 is 14.3 Å². The molecule has 9 heteroatoms. The molecule has 9 nitrogen and oxygen atoms in total. The van der Waals surface area contributed by atoms with Crippen molar-refractivity contribution in [1.29, 1.82) is 0 Å². The van der Waals surface area contributed by atoms with Gasteiger partial charge in [-0.25, -0.2) is 4.68 Å². The zero-order chi connectivity index (χ0) is 22.8. The highest BCUT2D eigenvalue weighted by molar-refractivity contribution is 5.94. The van der Waals surface area contributed by atoms with E-state index >= 15 is 0 Å². The summed E-state index contributed by atoms with van der Waals surface area (Å²) >= 11 is 0. The number of ether oxygens (including phenoxy) is 2. The number of benzene rings is 2. The zero-order valence-electron chi connectivity index (χ0n) is 18.2. The second-order valence-electron chi connectivity index (χ2n) is 7.21. The van der Waals surface area contributed by atoms with Crippen LogP contribution in [-0.2, 0) is 20.6 Å². The molecule has 32 heavy (non-hydrogen) atoms. The molecule has 4 rings (SSSR count). The fraction of sp³-hybridized carbons (Fsp3) is 0.217. The van der Waals surface area contributed by atoms with Crippen LogP contribution in [0.25, 0.3) is 22.0 Å². The second kappa shape index (κ2) is 8.54. The van der Waals surface area contributed by atoms with E-state index in [-0.39, 0.29) is 18.0 Å². The Labute approximate surface area is 184 Å². The van der Waals surface area contributed by atoms with Gasteiger partial charge < -0.3 is 14.8 Å². The quantitative estimate of drug-likeness (QED) is 0.501. The van der Waals surface area contributed by atoms with E-state index in [4.69, 9.17) is 9.47 Å². The van der Waals surface area contributed by atoms with Crippen LogP contribution in [0.2, 0.25) is 0 Å². The monoisotopic (exact) mass is 433 g/mol. The third-order valence-corrected chi connectivity index (χ3v) is 5.24. The molecular weight excluding hydrogens is 410 g/mol. The summed E-state index contributed by atoms with van der Waals surface area (Å²) in [5.74, 6) is 0.967. The van der Waals surface area contributed by atoms with Gasteiger partial charge in [0.2, 0.25) is 0 Å². The maximum absolute atomic E-state index is 12.9. The molecule has 2 heterocycles. The fourth-order valence-electron chi connectivity index (χ4n) is 3.59. The summed E-state index contributed by atoms with van der Waals surface area (Å²) in [6.45, 7) is 0.163. The van der Waals surface area contributed by atoms with E-state index in [0.29, 0.717) is 44.9 Å². The highest BCUT2D eigenvalue weighted by atomic mass is 16.5. The van der Waals surface area contributed by atoms with Crippen LogP contribution in [0.3, 0.4) is 0 Å². The Kier molecular flexibility index (Phi) is 5.63. The standard InChI is InChI=1S/C23H23N5O4/c1-27-20(12-18(25-27)17-11-14(31-3)9-10-21(17)32-4)22(29)24-13-19-15-7-5-6-8-16(15)23(30)28(2)26-19/h5-12H,13H2,1-4H3,(H,24,29). The maximum Gasteiger partial charge on any atom is 0.274 e. The highest BCUT2D eigenvalue weighted by Gasteiger charge is 2.18. The molecule has 0 bridgehead atoms. The first-order valence-electron chi connectivity index (χ1n) is 9.92. The van der Waals surface area contributed by atoms with Gasteiger partial charge in [0.1, 0.15) is 17.2 Å². The van der Waals surface area contributed by atoms with E-state index in [9.17, 15) is 9.59 Å². The van der Waals surface area contributed by atoms with E-state index in [2.05, 4.69) is 15.5 Å². The van der Waals surface area contributed by atoms with Crippen molar-refractivity contribution in [3.8, 4) is 22.8 Å². The Balaban J connectivity index is 1.62. The fourth-order valence-corrected chi connectivity index (χ4v) is 3.59. The van der Waals surface area contributed by atoms with Crippen LogP contribution >= 0.6 is 0 Å². The Morgan fingerprint density at radius 3 is 2.44 bits per heavy atom. The molecule has 164 valence electrons. The van der Waals surface area contributed by atoms with Gasteiger partial charge in [0, 0.05) is 25.0 Å². The van der Waals surface area contributed by atoms with Gasteiger partial charge in [0.05, 0.1) is 37.5 Å². The minimum atomic E-state index is -0.312. The van der Waals surface area contributed by atoms with Crippen molar-refractivity contribution in [2.24, 2.45) is 14.1 Å². The molecule has 1 N–H and O–H groups in total. The summed E-state index contributed by atoms with van der Waals surface area (Å²) in [6.07, 6.45) is 0. The van der Waals surface area contributed by atoms with E-state index in [1.54, 1.807) is 58.6 Å². The molecule has 0 saturated heterocycles. The summed E-state index contributed by atoms with van der Waals surface area (Å²) in [7, 11) is 6.45. The molecule has 0 fully saturated rings. The first-order valence-corrected chi connectivity index (χ1v) is 9.92. The first-order chi connectivity index (χ1) is 15.4. The Morgan fingerprint density at radius 2 is 1.72 bits per heavy atom. The number of aromatic nitrogens is 4. The smallest absolute Gasteiger partial charge is 0.274 e. The number of carbonyl (C=O) groups is 1. The maximum atomic E-state index is 12.9. The predicted molar refractivity (Wildman–Crippen MR) is 120 cm³/mol. The molecule has 0 atom stereocenters. The average Bonchev–Trinajstić information content (AvgIpc) is 3.21. The summed E-state index contributed by atoms with van der Waals surface area (Å²) in [5, 5.41) is 12.9. The molecule has 0 aliphatic heterocycles. The number of aryl methyl sites for hydroxylation is 2. The topological polar surface area (TPSA) is 100 Å². The van der Waals surface area contributed by atoms with Crippen LogP contribution in [0.1, 0.15) is 16.2 Å². The molecule has 4 aromatic rings. The zero-order valence-corrected chi connectivity index (χ0v) is 18.2. The number of nitrogens with one attached hydrogen (secondary N) is 1. The van der Waals surface area contributed by atoms with E-state index in [1.807, 2.05) is 18.2 Å². The van der Waals surface area contributed by atoms with E-state index < -0.39 is 0 Å². The van der Waals surface area contributed by atoms with Crippen molar-refractivity contribution in [2.75, 3.05) is 14.2 Å². The molecule has 0 aliphatic carbocycles. The van der Waals surface area contributed by atoms with Crippen LogP contribution in [0.15, 0.2) is 53.3 Å². The van der Waals surface area contributed by atoms with Gasteiger partial charge in [-0.15, -0.1) is 0 Å². The number of hydrogen-bond acceptors (Lipinski definition) is 6. The van der Waals surface area contributed by atoms with Crippen LogP contribution in [0.5, 0.6) is 11.5 Å². The van der Waals surface area contributed by atoms with Gasteiger partial charge in [0.25, 0.3) is 11.5 Å². The largest absolute Gasteiger partial charge is 0.497 e. The first kappa shape index (κ1) is 21.1. The third kappa shape index (κ3) is 3.80. The lowest BCUT2D eigenvalue weighted by atomic mass is 10.1. The lowest BCUT2D eigenvalue weighted by Crippen LogP contribution is -2.28. The summed E-state index contributed by atoms with van der Waals surface area (Å²) in [5.41, 5.74) is 2.09. The number of amides is 1. The van der Waals surface area contributed by atoms with Gasteiger partial charge in [-0.05, 0) is 30.3 Å². The SMILES string of the molecule is COc1ccc(OC)c(-c2cc(C(=O)NCc3nn(C)c(=O)c4ccccc34)n(C)n2)c1. The minimum Gasteiger partial charge on any atom is -0.497 e. The normalized spacial score (nSPS) is 10.9. The van der Waals surface area contributed by atoms with E-state index in [0.717, 1.165) is 0 Å². The number of rotatable bonds is 6. The van der Waals surface area contributed by atoms with Gasteiger partial charge >= 0.3 is 0 Å². The molecule has 0 unspecified atom stereocenters. The predicted octanol–water partition coefficient (Wildman–Crippen LogP) is 2.28. The van der Waals surface area contributed by atoms with Crippen molar-refractivity contribution >= 4 is 16.7 Å². The van der Waals surface area contributed by atoms with Gasteiger partial charge in [-0.1, -0.05) is 18.2 Å². The van der Waals surface area contributed by atoms with Gasteiger partial charge in [-0.3, -0.25) is 14.3 Å². The lowest BCUT2D eigenvalue weighted by Gasteiger charge is -2.09. The molecule has 2 aromatic heterocycles. The van der Waals surface area contributed by atoms with Crippen LogP contribution in [0, 0.1) is 0 Å². The molecule has 2 aromatic carbocycles. The van der Waals surface area contributed by atoms with Crippen molar-refractivity contribution in [3.63, 3.8) is 0 Å². The Hall–Kier alpha value is -4.14.